The summed E-state index contributed by atoms with van der Waals surface area (Å²) in [6.07, 6.45) is 0. The van der Waals surface area contributed by atoms with Crippen LogP contribution in [0.3, 0.4) is 0 Å². The van der Waals surface area contributed by atoms with Crippen molar-refractivity contribution in [2.75, 3.05) is 59.6 Å². The quantitative estimate of drug-likeness (QED) is 0.0223. The van der Waals surface area contributed by atoms with Crippen LogP contribution in [0.15, 0.2) is 168 Å². The first-order valence-corrected chi connectivity index (χ1v) is 65.6. The summed E-state index contributed by atoms with van der Waals surface area (Å²) in [7, 11) is 12.4. The minimum Gasteiger partial charge on any atom is -1.00 e. The molecule has 0 spiro atoms. The smallest absolute Gasteiger partial charge is 1.00 e. The largest absolute Gasteiger partial charge is 2.00 e. The predicted molar refractivity (Wildman–Crippen MR) is 673 cm³/mol. The zero-order valence-electron chi connectivity index (χ0n) is 92.5. The van der Waals surface area contributed by atoms with Crippen molar-refractivity contribution in [3.05, 3.63) is 281 Å². The van der Waals surface area contributed by atoms with Crippen LogP contribution in [0, 0.1) is 30.8 Å². The normalized spacial score (nSPS) is 10.9. The molecule has 0 unspecified atom stereocenters. The van der Waals surface area contributed by atoms with Crippen LogP contribution in [-0.4, -0.2) is 95.4 Å². The van der Waals surface area contributed by atoms with Gasteiger partial charge < -0.3 is 66.8 Å². The summed E-state index contributed by atoms with van der Waals surface area (Å²) in [4.78, 5) is 4.47. The third kappa shape index (κ3) is 40.3. The van der Waals surface area contributed by atoms with E-state index in [0.29, 0.717) is 123 Å². The van der Waals surface area contributed by atoms with Gasteiger partial charge in [-0.1, -0.05) is 292 Å². The Labute approximate surface area is 1010 Å². The summed E-state index contributed by atoms with van der Waals surface area (Å²) in [5.74, 6) is 14.4. The maximum atomic E-state index is 8.27. The average molecular weight is 3020 g/mol. The molecule has 142 heavy (non-hydrogen) atoms. The predicted octanol–water partition coefficient (Wildman–Crippen LogP) is 33.9. The molecule has 0 aliphatic carbocycles. The van der Waals surface area contributed by atoms with E-state index in [1.165, 1.54) is 142 Å². The van der Waals surface area contributed by atoms with Gasteiger partial charge in [0.15, 0.2) is 0 Å². The second kappa shape index (κ2) is 69.3. The second-order valence-corrected chi connectivity index (χ2v) is 47.9. The van der Waals surface area contributed by atoms with Crippen LogP contribution in [0.25, 0.3) is 44.5 Å². The summed E-state index contributed by atoms with van der Waals surface area (Å²) in [6, 6.07) is 60.8. The first kappa shape index (κ1) is 138. The van der Waals surface area contributed by atoms with Gasteiger partial charge in [0.05, 0.1) is 61.4 Å². The summed E-state index contributed by atoms with van der Waals surface area (Å²) < 4.78 is 49.2. The van der Waals surface area contributed by atoms with Crippen LogP contribution in [0.4, 0.5) is 0 Å². The molecule has 0 aliphatic heterocycles. The molecule has 0 saturated carbocycles. The number of alkyl halides is 2. The molecular formula is C121H163BBrI9MgO9-. The van der Waals surface area contributed by atoms with E-state index in [-0.39, 0.29) is 47.0 Å². The molecular weight excluding hydrogens is 2850 g/mol. The number of halogens is 10. The molecule has 0 heterocycles. The zero-order chi connectivity index (χ0) is 106. The van der Waals surface area contributed by atoms with E-state index in [1.54, 1.807) is 79.6 Å². The van der Waals surface area contributed by atoms with Gasteiger partial charge in [-0.2, -0.15) is 23.3 Å². The molecule has 0 saturated heterocycles. The van der Waals surface area contributed by atoms with Crippen LogP contribution in [-0.2, 0) is 0 Å². The van der Waals surface area contributed by atoms with E-state index >= 15 is 0 Å². The zero-order valence-corrected chi connectivity index (χ0v) is 115. The molecule has 0 aliphatic rings. The molecule has 11 rings (SSSR count). The van der Waals surface area contributed by atoms with Gasteiger partial charge in [0.1, 0.15) is 46.0 Å². The molecule has 1 radical (unpaired) electrons. The van der Waals surface area contributed by atoms with Crippen molar-refractivity contribution in [2.24, 2.45) is 0 Å². The van der Waals surface area contributed by atoms with Gasteiger partial charge in [-0.3, -0.25) is 0 Å². The Morgan fingerprint density at radius 2 is 0.563 bits per heavy atom. The monoisotopic (exact) mass is 3020 g/mol. The maximum absolute atomic E-state index is 8.27. The van der Waals surface area contributed by atoms with E-state index in [4.69, 9.17) is 38.2 Å². The number of benzene rings is 11. The summed E-state index contributed by atoms with van der Waals surface area (Å²) in [5.41, 5.74) is 33.6. The molecule has 0 atom stereocenters. The molecule has 0 fully saturated rings. The van der Waals surface area contributed by atoms with Crippen molar-refractivity contribution >= 4 is 197 Å². The van der Waals surface area contributed by atoms with Crippen molar-refractivity contribution in [1.82, 2.24) is 0 Å². The first-order chi connectivity index (χ1) is 65.9. The molecule has 9 nitrogen and oxygen atoms in total. The van der Waals surface area contributed by atoms with Gasteiger partial charge in [0, 0.05) is 53.5 Å². The minimum atomic E-state index is 0. The van der Waals surface area contributed by atoms with Crippen LogP contribution in [0.5, 0.6) is 46.0 Å². The number of rotatable bonds is 28. The van der Waals surface area contributed by atoms with Crippen LogP contribution >= 0.6 is 166 Å². The summed E-state index contributed by atoms with van der Waals surface area (Å²) in [5, 5.41) is 8.27. The second-order valence-electron chi connectivity index (χ2n) is 39.5. The van der Waals surface area contributed by atoms with Crippen LogP contribution < -0.4 is 83.0 Å². The van der Waals surface area contributed by atoms with E-state index < -0.39 is 0 Å². The van der Waals surface area contributed by atoms with Crippen molar-refractivity contribution in [1.29, 1.82) is 0 Å². The Hall–Kier alpha value is -2.34. The summed E-state index contributed by atoms with van der Waals surface area (Å²) >= 11 is 20.5. The molecule has 777 valence electrons. The molecule has 0 aromatic heterocycles. The van der Waals surface area contributed by atoms with Gasteiger partial charge in [0.25, 0.3) is 0 Å². The third-order valence-corrected chi connectivity index (χ3v) is 31.4. The van der Waals surface area contributed by atoms with E-state index in [2.05, 4.69) is 517 Å². The molecule has 0 amide bonds. The Morgan fingerprint density at radius 1 is 0.289 bits per heavy atom. The molecule has 0 bridgehead atoms. The minimum absolute atomic E-state index is 0. The maximum Gasteiger partial charge on any atom is 2.00 e. The van der Waals surface area contributed by atoms with Crippen LogP contribution in [0.2, 0.25) is 0 Å². The van der Waals surface area contributed by atoms with Crippen molar-refractivity contribution < 1.29 is 88.0 Å². The first-order valence-electron chi connectivity index (χ1n) is 48.8. The van der Waals surface area contributed by atoms with Gasteiger partial charge in [-0.25, -0.2) is 0 Å². The fraction of sp³-hybridized carbons (Fsp3) is 0.455. The average Bonchev–Trinajstić information content (AvgIpc) is 0.734. The number of ether oxygens (including phenoxy) is 7. The summed E-state index contributed by atoms with van der Waals surface area (Å²) in [6.45, 7) is 70.8. The number of hydrogen-bond donors (Lipinski definition) is 1. The van der Waals surface area contributed by atoms with Crippen molar-refractivity contribution in [3.63, 3.8) is 0 Å². The molecule has 1 N–H and O–H groups in total. The number of methoxy groups -OCH3 is 7. The standard InChI is InChI=1S/C30H37IO2.C22H29IO.C22H29O.C15H22I2.C15H24.C8H8BrIO2.C7H8BO3.C2H6I.I2.HI.Mg/c1-17(2)23-16-24(18(3)4)29(27-20(7)10-15-25(33-9)30(27)31)26(19(5)6)28(23)21-11-13-22(32-8)14-12-21;1-13(2)18-12-19(14(3)4)22(23)20(15(5)6)21(18)16-8-10-17(24-7)11-9-16;1-14(2)18-12-20(15(3)4)22(21(13-18)16(5)6)17-8-10-19(23-7)11-9-17;1-8(2)11-7-12(9(3)4)15(17)13(10(5)6)14(11)16;1-10(2)13-7-14(11(3)4)9-15(8-13)12(5)6;1-11-5-3-4-6(12-2)8(10)7(5)9;1-10-6-2-4-7(5-3-6)11-8-9;1-3-2;1-2;;/h10-19H,1-9H3;8-15H,1-7H3;8-12,14-16H,1-7H3;7-10H,1-6H3;7-12H,1-6H3;3-4H,1-2H3;2-5,9H,1H3;1-2H3;;1H;/q;;-1;;;;;-1;;;+2/p-1. The SMILES string of the molecule is CC(C)c1cc(C(C)C)c(I)c(C(C)C)c1I.CC(C)c1cc(C(C)C)cc(C(C)C)c1.COc1ccc(-c2c(C(C)C)[c-]c(C(C)C)cc2C(C)C)cc1.COc1ccc(-c2c(C(C)C)cc(C(C)C)c(-c3c(C)ccc(OC)c3I)c2C(C)C)cc1.COc1ccc(-c2c(C(C)C)cc(C(C)C)c(I)c2C(C)C)cc1.COc1ccc(OC)c(I)c1Br.COc1ccc(O[B]O)cc1.C[I-]C.II.[I-].[Mg+2]. The van der Waals surface area contributed by atoms with E-state index in [0.717, 1.165) is 48.3 Å². The van der Waals surface area contributed by atoms with Crippen molar-refractivity contribution in [2.45, 2.75) is 303 Å². The molecule has 11 aromatic carbocycles. The number of aryl methyl sites for hydroxylation is 1. The van der Waals surface area contributed by atoms with Gasteiger partial charge >= 0.3 is 61.8 Å². The molecule has 11 aromatic rings. The Bertz CT molecular complexity index is 5420. The molecule has 21 heteroatoms. The fourth-order valence-corrected chi connectivity index (χ4v) is 23.9. The van der Waals surface area contributed by atoms with Crippen molar-refractivity contribution in [3.8, 4) is 90.5 Å². The van der Waals surface area contributed by atoms with Gasteiger partial charge in [-0.05, 0) is 404 Å². The van der Waals surface area contributed by atoms with E-state index in [1.807, 2.05) is 24.3 Å². The van der Waals surface area contributed by atoms with Gasteiger partial charge in [0.2, 0.25) is 0 Å². The number of hydrogen-bond acceptors (Lipinski definition) is 9. The Kier molecular flexibility index (Phi) is 67.2. The third-order valence-electron chi connectivity index (χ3n) is 24.1. The fourth-order valence-electron chi connectivity index (χ4n) is 16.2. The topological polar surface area (TPSA) is 94.1 Å². The van der Waals surface area contributed by atoms with E-state index in [9.17, 15) is 0 Å². The Morgan fingerprint density at radius 3 is 0.866 bits per heavy atom. The van der Waals surface area contributed by atoms with Crippen LogP contribution in [0.1, 0.15) is 385 Å². The van der Waals surface area contributed by atoms with Gasteiger partial charge in [-0.15, -0.1) is 11.1 Å². The Balaban J connectivity index is 0.000000842.